The van der Waals surface area contributed by atoms with Gasteiger partial charge >= 0.3 is 0 Å². The molecule has 0 aliphatic heterocycles. The van der Waals surface area contributed by atoms with Crippen molar-refractivity contribution in [2.45, 2.75) is 5.94 Å². The predicted molar refractivity (Wildman–Crippen MR) is 61.0 cm³/mol. The molecule has 0 amide bonds. The van der Waals surface area contributed by atoms with Gasteiger partial charge in [-0.05, 0) is 5.94 Å². The Morgan fingerprint density at radius 2 is 1.50 bits per heavy atom. The summed E-state index contributed by atoms with van der Waals surface area (Å²) in [7, 11) is 0. The monoisotopic (exact) mass is 448 g/mol. The Morgan fingerprint density at radius 1 is 1.12 bits per heavy atom. The van der Waals surface area contributed by atoms with Crippen molar-refractivity contribution in [3.05, 3.63) is 0 Å². The molecular formula is CH2BBr5Si. The standard InChI is InChI=1S/CH2BBr5Si/c3-2(4)1-8(5,6)7/h1H2. The van der Waals surface area contributed by atoms with Crippen LogP contribution in [0.15, 0.2) is 0 Å². The van der Waals surface area contributed by atoms with Gasteiger partial charge in [0.1, 0.15) is 0 Å². The van der Waals surface area contributed by atoms with Gasteiger partial charge < -0.3 is 0 Å². The van der Waals surface area contributed by atoms with Crippen LogP contribution in [0.2, 0.25) is 5.94 Å². The quantitative estimate of drug-likeness (QED) is 0.440. The van der Waals surface area contributed by atoms with Gasteiger partial charge in [-0.25, -0.2) is 0 Å². The van der Waals surface area contributed by atoms with E-state index in [2.05, 4.69) is 77.4 Å². The van der Waals surface area contributed by atoms with Gasteiger partial charge in [0, 0.05) is 0 Å². The van der Waals surface area contributed by atoms with Crippen molar-refractivity contribution in [2.75, 3.05) is 0 Å². The summed E-state index contributed by atoms with van der Waals surface area (Å²) in [5.41, 5.74) is 0. The Hall–Kier alpha value is 2.68. The average Bonchev–Trinajstić information content (AvgIpc) is 1.21. The van der Waals surface area contributed by atoms with Crippen LogP contribution in [-0.4, -0.2) is 8.29 Å². The molecular weight excluding hydrogens is 450 g/mol. The Bertz CT molecular complexity index is 67.3. The molecule has 0 heterocycles. The topological polar surface area (TPSA) is 0 Å². The van der Waals surface area contributed by atoms with Crippen molar-refractivity contribution in [1.29, 1.82) is 0 Å². The molecule has 0 spiro atoms. The molecule has 0 saturated carbocycles. The van der Waals surface area contributed by atoms with Crippen LogP contribution in [-0.2, 0) is 0 Å². The van der Waals surface area contributed by atoms with Crippen LogP contribution < -0.4 is 0 Å². The van der Waals surface area contributed by atoms with Crippen molar-refractivity contribution < 1.29 is 0 Å². The van der Waals surface area contributed by atoms with E-state index >= 15 is 0 Å². The zero-order chi connectivity index (χ0) is 6.78. The third-order valence-electron chi connectivity index (χ3n) is 0.386. The van der Waals surface area contributed by atoms with E-state index in [1.807, 2.05) is 0 Å². The second-order valence-corrected chi connectivity index (χ2v) is 28.0. The summed E-state index contributed by atoms with van der Waals surface area (Å²) in [4.78, 5) is 0. The van der Waals surface area contributed by atoms with Crippen molar-refractivity contribution >= 4 is 85.7 Å². The molecule has 48 valence electrons. The van der Waals surface area contributed by atoms with E-state index in [1.165, 1.54) is 0 Å². The number of hydrogen-bond acceptors (Lipinski definition) is 0. The maximum atomic E-state index is 3.49. The first kappa shape index (κ1) is 10.7. The van der Waals surface area contributed by atoms with Crippen LogP contribution in [0.4, 0.5) is 0 Å². The Labute approximate surface area is 90.3 Å². The molecule has 0 radical (unpaired) electrons. The molecule has 0 atom stereocenters. The lowest BCUT2D eigenvalue weighted by Crippen LogP contribution is -2.11. The first-order valence-electron chi connectivity index (χ1n) is 1.77. The van der Waals surface area contributed by atoms with Crippen LogP contribution in [0, 0.1) is 0 Å². The predicted octanol–water partition coefficient (Wildman–Crippen LogP) is 3.93. The fourth-order valence-electron chi connectivity index (χ4n) is 0.175. The van der Waals surface area contributed by atoms with E-state index in [-0.39, 0.29) is 0 Å². The molecule has 7 heteroatoms. The van der Waals surface area contributed by atoms with Crippen molar-refractivity contribution in [2.24, 2.45) is 0 Å². The van der Waals surface area contributed by atoms with Gasteiger partial charge in [-0.3, -0.25) is 0 Å². The molecule has 0 N–H and O–H groups in total. The van der Waals surface area contributed by atoms with Crippen LogP contribution in [0.25, 0.3) is 0 Å². The zero-order valence-corrected chi connectivity index (χ0v) is 12.6. The number of hydrogen-bond donors (Lipinski definition) is 0. The summed E-state index contributed by atoms with van der Waals surface area (Å²) in [6, 6.07) is 0. The smallest absolute Gasteiger partial charge is 0.140 e. The minimum atomic E-state index is -1.38. The maximum Gasteiger partial charge on any atom is 0.298 e. The third-order valence-corrected chi connectivity index (χ3v) is 6.01. The third kappa shape index (κ3) is 8.68. The summed E-state index contributed by atoms with van der Waals surface area (Å²) in [5.74, 6) is 1.05. The molecule has 0 rings (SSSR count). The Morgan fingerprint density at radius 3 is 1.50 bits per heavy atom. The first-order valence-corrected chi connectivity index (χ1v) is 12.6. The highest BCUT2D eigenvalue weighted by Gasteiger charge is 2.26. The second-order valence-electron chi connectivity index (χ2n) is 1.21. The van der Waals surface area contributed by atoms with Gasteiger partial charge in [0.05, 0.1) is 0 Å². The number of rotatable bonds is 2. The van der Waals surface area contributed by atoms with Crippen LogP contribution in [0.3, 0.4) is 0 Å². The van der Waals surface area contributed by atoms with E-state index < -0.39 is 3.93 Å². The molecule has 0 unspecified atom stereocenters. The van der Waals surface area contributed by atoms with Crippen LogP contribution in [0.5, 0.6) is 0 Å². The van der Waals surface area contributed by atoms with Crippen LogP contribution >= 0.6 is 77.4 Å². The lowest BCUT2D eigenvalue weighted by molar-refractivity contribution is 2.09. The maximum absolute atomic E-state index is 3.49. The summed E-state index contributed by atoms with van der Waals surface area (Å²) < 4.78 is -0.988. The largest absolute Gasteiger partial charge is 0.298 e. The second kappa shape index (κ2) is 4.54. The highest BCUT2D eigenvalue weighted by molar-refractivity contribution is 9.72. The molecule has 8 heavy (non-hydrogen) atoms. The highest BCUT2D eigenvalue weighted by atomic mass is 80.0. The Balaban J connectivity index is 3.39. The van der Waals surface area contributed by atoms with E-state index in [4.69, 9.17) is 0 Å². The van der Waals surface area contributed by atoms with Crippen LogP contribution in [0.1, 0.15) is 0 Å². The van der Waals surface area contributed by atoms with Gasteiger partial charge in [-0.15, -0.1) is 31.5 Å². The van der Waals surface area contributed by atoms with E-state index in [0.717, 1.165) is 5.94 Å². The molecule has 0 bridgehead atoms. The van der Waals surface area contributed by atoms with E-state index in [9.17, 15) is 0 Å². The van der Waals surface area contributed by atoms with Crippen molar-refractivity contribution in [3.8, 4) is 0 Å². The molecule has 0 aliphatic rings. The molecule has 0 aromatic carbocycles. The number of halogens is 5. The fraction of sp³-hybridized carbons (Fsp3) is 1.00. The summed E-state index contributed by atoms with van der Waals surface area (Å²) in [5, 5.41) is 0. The van der Waals surface area contributed by atoms with E-state index in [1.54, 1.807) is 0 Å². The lowest BCUT2D eigenvalue weighted by atomic mass is 10.2. The van der Waals surface area contributed by atoms with Gasteiger partial charge in [0.25, 0.3) is 8.29 Å². The minimum absolute atomic E-state index is 0.389. The van der Waals surface area contributed by atoms with Crippen molar-refractivity contribution in [1.82, 2.24) is 0 Å². The van der Waals surface area contributed by atoms with Gasteiger partial charge in [0.2, 0.25) is 0 Å². The molecule has 0 aromatic rings. The van der Waals surface area contributed by atoms with E-state index in [0.29, 0.717) is 4.36 Å². The lowest BCUT2D eigenvalue weighted by Gasteiger charge is -2.06. The molecule has 0 nitrogen and oxygen atoms in total. The van der Waals surface area contributed by atoms with Crippen molar-refractivity contribution in [3.63, 3.8) is 0 Å². The highest BCUT2D eigenvalue weighted by Crippen LogP contribution is 2.34. The zero-order valence-electron chi connectivity index (χ0n) is 3.67. The van der Waals surface area contributed by atoms with Gasteiger partial charge in [-0.1, -0.05) is 45.9 Å². The summed E-state index contributed by atoms with van der Waals surface area (Å²) in [6.07, 6.45) is 0. The summed E-state index contributed by atoms with van der Waals surface area (Å²) in [6.45, 7) is 0. The molecule has 0 aliphatic carbocycles. The minimum Gasteiger partial charge on any atom is -0.140 e. The fourth-order valence-corrected chi connectivity index (χ4v) is 14.2. The average molecular weight is 452 g/mol. The van der Waals surface area contributed by atoms with Gasteiger partial charge in [0.15, 0.2) is 0 Å². The molecule has 0 saturated heterocycles. The SMILES string of the molecule is BrB(Br)C[Si](Br)(Br)Br. The summed E-state index contributed by atoms with van der Waals surface area (Å²) >= 11 is 17.2. The first-order chi connectivity index (χ1) is 3.42. The van der Waals surface area contributed by atoms with Gasteiger partial charge in [-0.2, -0.15) is 0 Å². The normalized spacial score (nSPS) is 11.6. The Kier molecular flexibility index (Phi) is 6.06. The molecule has 0 fully saturated rings. The molecule has 0 aromatic heterocycles.